The minimum Gasteiger partial charge on any atom is -0.380 e. The Bertz CT molecular complexity index is 64.9. The summed E-state index contributed by atoms with van der Waals surface area (Å²) >= 11 is 3.53. The minimum atomic E-state index is 0.594. The number of hydrogen-bond donors (Lipinski definition) is 0. The van der Waals surface area contributed by atoms with E-state index in [0.29, 0.717) is 4.83 Å². The van der Waals surface area contributed by atoms with E-state index in [-0.39, 0.29) is 0 Å². The van der Waals surface area contributed by atoms with Crippen LogP contribution in [0.3, 0.4) is 0 Å². The van der Waals surface area contributed by atoms with Crippen molar-refractivity contribution in [3.05, 3.63) is 0 Å². The summed E-state index contributed by atoms with van der Waals surface area (Å²) in [5, 5.41) is 0. The second-order valence-corrected chi connectivity index (χ2v) is 3.53. The average molecular weight is 179 g/mol. The van der Waals surface area contributed by atoms with Crippen molar-refractivity contribution in [2.75, 3.05) is 13.2 Å². The van der Waals surface area contributed by atoms with Gasteiger partial charge in [0.2, 0.25) is 0 Å². The zero-order valence-corrected chi connectivity index (χ0v) is 6.65. The first-order valence-electron chi connectivity index (χ1n) is 3.02. The van der Waals surface area contributed by atoms with Crippen LogP contribution in [0.5, 0.6) is 0 Å². The van der Waals surface area contributed by atoms with Crippen molar-refractivity contribution >= 4 is 15.9 Å². The van der Waals surface area contributed by atoms with E-state index in [2.05, 4.69) is 22.9 Å². The first-order valence-corrected chi connectivity index (χ1v) is 3.94. The molecule has 1 heterocycles. The van der Waals surface area contributed by atoms with Crippen LogP contribution in [-0.2, 0) is 4.74 Å². The molecule has 0 bridgehead atoms. The lowest BCUT2D eigenvalue weighted by Gasteiger charge is -2.23. The van der Waals surface area contributed by atoms with E-state index in [9.17, 15) is 0 Å². The van der Waals surface area contributed by atoms with Crippen LogP contribution in [0.4, 0.5) is 0 Å². The smallest absolute Gasteiger partial charge is 0.0594 e. The van der Waals surface area contributed by atoms with Crippen molar-refractivity contribution in [1.82, 2.24) is 0 Å². The largest absolute Gasteiger partial charge is 0.380 e. The van der Waals surface area contributed by atoms with E-state index in [0.717, 1.165) is 19.1 Å². The van der Waals surface area contributed by atoms with Crippen molar-refractivity contribution in [3.63, 3.8) is 0 Å². The fraction of sp³-hybridized carbons (Fsp3) is 1.00. The van der Waals surface area contributed by atoms with Gasteiger partial charge in [-0.05, 0) is 12.3 Å². The number of hydrogen-bond acceptors (Lipinski definition) is 1. The number of halogens is 1. The van der Waals surface area contributed by atoms with Crippen molar-refractivity contribution in [3.8, 4) is 0 Å². The molecule has 1 aliphatic heterocycles. The fourth-order valence-corrected chi connectivity index (χ4v) is 1.26. The quantitative estimate of drug-likeness (QED) is 0.515. The molecule has 1 nitrogen and oxygen atoms in total. The monoisotopic (exact) mass is 178 g/mol. The van der Waals surface area contributed by atoms with Crippen LogP contribution in [0, 0.1) is 5.92 Å². The van der Waals surface area contributed by atoms with Gasteiger partial charge in [-0.15, -0.1) is 0 Å². The van der Waals surface area contributed by atoms with E-state index in [1.807, 2.05) is 0 Å². The van der Waals surface area contributed by atoms with Crippen LogP contribution in [-0.4, -0.2) is 18.0 Å². The molecule has 2 unspecified atom stereocenters. The number of ether oxygens (including phenoxy) is 1. The third-order valence-corrected chi connectivity index (χ3v) is 2.78. The Morgan fingerprint density at radius 1 is 1.62 bits per heavy atom. The molecule has 8 heavy (non-hydrogen) atoms. The highest BCUT2D eigenvalue weighted by molar-refractivity contribution is 9.09. The van der Waals surface area contributed by atoms with Crippen LogP contribution in [0.15, 0.2) is 0 Å². The summed E-state index contributed by atoms with van der Waals surface area (Å²) in [5.41, 5.74) is 0. The predicted octanol–water partition coefficient (Wildman–Crippen LogP) is 1.81. The van der Waals surface area contributed by atoms with E-state index >= 15 is 0 Å². The first-order chi connectivity index (χ1) is 3.80. The van der Waals surface area contributed by atoms with E-state index in [1.54, 1.807) is 0 Å². The molecule has 0 aliphatic carbocycles. The molecule has 0 spiro atoms. The Balaban J connectivity index is 2.28. The molecule has 1 aliphatic rings. The number of rotatable bonds is 0. The van der Waals surface area contributed by atoms with Gasteiger partial charge >= 0.3 is 0 Å². The standard InChI is InChI=1S/C6H11BrO/c1-5-2-3-8-4-6(5)7/h5-6H,2-4H2,1H3. The van der Waals surface area contributed by atoms with Crippen LogP contribution in [0.2, 0.25) is 0 Å². The minimum absolute atomic E-state index is 0.594. The normalized spacial score (nSPS) is 39.8. The van der Waals surface area contributed by atoms with E-state index in [4.69, 9.17) is 4.74 Å². The molecule has 1 saturated heterocycles. The highest BCUT2D eigenvalue weighted by Crippen LogP contribution is 2.20. The Morgan fingerprint density at radius 2 is 2.38 bits per heavy atom. The third-order valence-electron chi connectivity index (χ3n) is 1.61. The molecule has 0 radical (unpaired) electrons. The molecule has 0 aromatic heterocycles. The SMILES string of the molecule is CC1CCOCC1Br. The lowest BCUT2D eigenvalue weighted by Crippen LogP contribution is -2.25. The molecule has 2 heteroatoms. The second kappa shape index (κ2) is 2.83. The zero-order chi connectivity index (χ0) is 5.98. The summed E-state index contributed by atoms with van der Waals surface area (Å²) in [6, 6.07) is 0. The van der Waals surface area contributed by atoms with Crippen molar-refractivity contribution < 1.29 is 4.74 Å². The van der Waals surface area contributed by atoms with Crippen LogP contribution < -0.4 is 0 Å². The molecule has 1 fully saturated rings. The molecule has 0 amide bonds. The summed E-state index contributed by atoms with van der Waals surface area (Å²) in [6.07, 6.45) is 1.20. The Kier molecular flexibility index (Phi) is 2.32. The Morgan fingerprint density at radius 3 is 2.75 bits per heavy atom. The van der Waals surface area contributed by atoms with E-state index < -0.39 is 0 Å². The molecular formula is C6H11BrO. The summed E-state index contributed by atoms with van der Waals surface area (Å²) in [6.45, 7) is 4.09. The van der Waals surface area contributed by atoms with Crippen LogP contribution in [0.1, 0.15) is 13.3 Å². The Hall–Kier alpha value is 0.440. The van der Waals surface area contributed by atoms with Gasteiger partial charge in [-0.3, -0.25) is 0 Å². The topological polar surface area (TPSA) is 9.23 Å². The highest BCUT2D eigenvalue weighted by Gasteiger charge is 2.17. The van der Waals surface area contributed by atoms with Crippen molar-refractivity contribution in [2.45, 2.75) is 18.2 Å². The maximum Gasteiger partial charge on any atom is 0.0594 e. The molecule has 2 atom stereocenters. The van der Waals surface area contributed by atoms with Gasteiger partial charge in [0, 0.05) is 11.4 Å². The summed E-state index contributed by atoms with van der Waals surface area (Å²) < 4.78 is 5.21. The third kappa shape index (κ3) is 1.46. The molecule has 0 aromatic rings. The van der Waals surface area contributed by atoms with Gasteiger partial charge in [-0.2, -0.15) is 0 Å². The summed E-state index contributed by atoms with van der Waals surface area (Å²) in [7, 11) is 0. The van der Waals surface area contributed by atoms with Gasteiger partial charge in [0.05, 0.1) is 6.61 Å². The van der Waals surface area contributed by atoms with Gasteiger partial charge in [0.25, 0.3) is 0 Å². The summed E-state index contributed by atoms with van der Waals surface area (Å²) in [5.74, 6) is 0.795. The Labute approximate surface area is 58.5 Å². The first kappa shape index (κ1) is 6.56. The van der Waals surface area contributed by atoms with Crippen molar-refractivity contribution in [1.29, 1.82) is 0 Å². The van der Waals surface area contributed by atoms with Gasteiger partial charge in [0.15, 0.2) is 0 Å². The molecule has 0 saturated carbocycles. The highest BCUT2D eigenvalue weighted by atomic mass is 79.9. The molecule has 1 rings (SSSR count). The lowest BCUT2D eigenvalue weighted by atomic mass is 10.0. The molecule has 48 valence electrons. The lowest BCUT2D eigenvalue weighted by molar-refractivity contribution is 0.0788. The zero-order valence-electron chi connectivity index (χ0n) is 5.06. The van der Waals surface area contributed by atoms with Gasteiger partial charge in [-0.25, -0.2) is 0 Å². The van der Waals surface area contributed by atoms with Gasteiger partial charge < -0.3 is 4.74 Å². The van der Waals surface area contributed by atoms with Crippen LogP contribution in [0.25, 0.3) is 0 Å². The molecule has 0 aromatic carbocycles. The maximum atomic E-state index is 5.21. The molecular weight excluding hydrogens is 168 g/mol. The second-order valence-electron chi connectivity index (χ2n) is 2.36. The molecule has 0 N–H and O–H groups in total. The van der Waals surface area contributed by atoms with Crippen LogP contribution >= 0.6 is 15.9 Å². The van der Waals surface area contributed by atoms with Crippen molar-refractivity contribution in [2.24, 2.45) is 5.92 Å². The maximum absolute atomic E-state index is 5.21. The van der Waals surface area contributed by atoms with Gasteiger partial charge in [-0.1, -0.05) is 22.9 Å². The summed E-state index contributed by atoms with van der Waals surface area (Å²) in [4.78, 5) is 0.594. The average Bonchev–Trinajstić information content (AvgIpc) is 1.77. The fourth-order valence-electron chi connectivity index (χ4n) is 0.810. The number of alkyl halides is 1. The predicted molar refractivity (Wildman–Crippen MR) is 37.3 cm³/mol. The van der Waals surface area contributed by atoms with E-state index in [1.165, 1.54) is 6.42 Å². The van der Waals surface area contributed by atoms with Gasteiger partial charge in [0.1, 0.15) is 0 Å².